The molecule has 0 bridgehead atoms. The van der Waals surface area contributed by atoms with Crippen molar-refractivity contribution < 1.29 is 27.4 Å². The molecule has 34 heavy (non-hydrogen) atoms. The van der Waals surface area contributed by atoms with Gasteiger partial charge in [0.05, 0.1) is 58.0 Å². The highest BCUT2D eigenvalue weighted by molar-refractivity contribution is 7.92. The minimum atomic E-state index is -3.56. The van der Waals surface area contributed by atoms with Gasteiger partial charge in [-0.15, -0.1) is 0 Å². The Morgan fingerprint density at radius 3 is 2.12 bits per heavy atom. The van der Waals surface area contributed by atoms with Crippen LogP contribution in [-0.2, 0) is 10.0 Å². The second-order valence-corrected chi connectivity index (χ2v) is 8.99. The molecular weight excluding hydrogens is 486 g/mol. The fourth-order valence-corrected chi connectivity index (χ4v) is 3.64. The Bertz CT molecular complexity index is 1290. The molecule has 0 unspecified atom stereocenters. The summed E-state index contributed by atoms with van der Waals surface area (Å²) in [4.78, 5) is 8.62. The predicted octanol–water partition coefficient (Wildman–Crippen LogP) is 4.02. The number of anilines is 5. The number of hydrogen-bond donors (Lipinski definition) is 3. The molecule has 0 aliphatic heterocycles. The van der Waals surface area contributed by atoms with Gasteiger partial charge in [-0.25, -0.2) is 13.4 Å². The monoisotopic (exact) mass is 509 g/mol. The Kier molecular flexibility index (Phi) is 7.74. The molecule has 182 valence electrons. The van der Waals surface area contributed by atoms with Gasteiger partial charge in [-0.3, -0.25) is 4.72 Å². The number of aromatic nitrogens is 2. The third-order valence-electron chi connectivity index (χ3n) is 4.47. The number of rotatable bonds is 10. The Balaban J connectivity index is 1.96. The van der Waals surface area contributed by atoms with Crippen LogP contribution in [0.2, 0.25) is 5.02 Å². The van der Waals surface area contributed by atoms with E-state index in [1.165, 1.54) is 40.7 Å². The highest BCUT2D eigenvalue weighted by Crippen LogP contribution is 2.39. The van der Waals surface area contributed by atoms with Gasteiger partial charge in [0, 0.05) is 18.2 Å². The van der Waals surface area contributed by atoms with E-state index >= 15 is 0 Å². The fourth-order valence-electron chi connectivity index (χ4n) is 2.93. The third-order valence-corrected chi connectivity index (χ3v) is 5.34. The lowest BCUT2D eigenvalue weighted by Crippen LogP contribution is -2.11. The molecule has 3 N–H and O–H groups in total. The van der Waals surface area contributed by atoms with E-state index < -0.39 is 10.0 Å². The van der Waals surface area contributed by atoms with Crippen LogP contribution in [0.5, 0.6) is 23.0 Å². The third kappa shape index (κ3) is 6.02. The first-order valence-electron chi connectivity index (χ1n) is 9.69. The van der Waals surface area contributed by atoms with E-state index in [9.17, 15) is 8.42 Å². The normalized spacial score (nSPS) is 10.9. The standard InChI is InChI=1S/C21H24ClN5O6S/c1-30-12-6-7-14(15(8-12)27-34(5,28)29)24-20-13(22)11-23-21(26-20)25-16-9-18(32-3)19(33-4)10-17(16)31-2/h6-11,27H,1-5H3,(H2,23,24,25,26). The molecule has 0 amide bonds. The van der Waals surface area contributed by atoms with E-state index in [0.717, 1.165) is 6.26 Å². The number of nitrogens with zero attached hydrogens (tertiary/aromatic N) is 2. The van der Waals surface area contributed by atoms with Crippen LogP contribution in [-0.4, -0.2) is 53.1 Å². The molecule has 3 rings (SSSR count). The smallest absolute Gasteiger partial charge is 0.229 e. The number of methoxy groups -OCH3 is 4. The SMILES string of the molecule is COc1ccc(Nc2nc(Nc3cc(OC)c(OC)cc3OC)ncc2Cl)c(NS(C)(=O)=O)c1. The van der Waals surface area contributed by atoms with E-state index in [1.807, 2.05) is 0 Å². The molecule has 0 radical (unpaired) electrons. The van der Waals surface area contributed by atoms with Crippen molar-refractivity contribution in [2.75, 3.05) is 50.1 Å². The molecule has 0 saturated heterocycles. The van der Waals surface area contributed by atoms with E-state index in [1.54, 1.807) is 24.3 Å². The van der Waals surface area contributed by atoms with Gasteiger partial charge in [-0.05, 0) is 12.1 Å². The van der Waals surface area contributed by atoms with Gasteiger partial charge < -0.3 is 29.6 Å². The quantitative estimate of drug-likeness (QED) is 0.368. The van der Waals surface area contributed by atoms with Crippen LogP contribution in [0.4, 0.5) is 28.8 Å². The van der Waals surface area contributed by atoms with Crippen molar-refractivity contribution >= 4 is 50.5 Å². The van der Waals surface area contributed by atoms with Crippen LogP contribution in [0.3, 0.4) is 0 Å². The summed E-state index contributed by atoms with van der Waals surface area (Å²) in [6.07, 6.45) is 2.45. The first-order chi connectivity index (χ1) is 16.2. The summed E-state index contributed by atoms with van der Waals surface area (Å²) in [5, 5.41) is 6.30. The average molecular weight is 510 g/mol. The molecular formula is C21H24ClN5O6S. The van der Waals surface area contributed by atoms with Crippen molar-refractivity contribution in [2.45, 2.75) is 0 Å². The molecule has 0 fully saturated rings. The van der Waals surface area contributed by atoms with E-state index in [4.69, 9.17) is 30.5 Å². The van der Waals surface area contributed by atoms with Gasteiger partial charge in [-0.2, -0.15) is 4.98 Å². The molecule has 0 aliphatic carbocycles. The maximum absolute atomic E-state index is 11.8. The zero-order chi connectivity index (χ0) is 24.9. The van der Waals surface area contributed by atoms with Gasteiger partial charge in [0.2, 0.25) is 16.0 Å². The molecule has 0 saturated carbocycles. The Hall–Kier alpha value is -3.64. The number of benzene rings is 2. The van der Waals surface area contributed by atoms with Gasteiger partial charge >= 0.3 is 0 Å². The van der Waals surface area contributed by atoms with Crippen LogP contribution < -0.4 is 34.3 Å². The minimum absolute atomic E-state index is 0.198. The number of nitrogens with one attached hydrogen (secondary N) is 3. The highest BCUT2D eigenvalue weighted by Gasteiger charge is 2.16. The summed E-state index contributed by atoms with van der Waals surface area (Å²) >= 11 is 6.30. The number of hydrogen-bond acceptors (Lipinski definition) is 10. The number of sulfonamides is 1. The van der Waals surface area contributed by atoms with E-state index in [0.29, 0.717) is 34.4 Å². The van der Waals surface area contributed by atoms with Crippen LogP contribution in [0, 0.1) is 0 Å². The minimum Gasteiger partial charge on any atom is -0.497 e. The first-order valence-corrected chi connectivity index (χ1v) is 12.0. The molecule has 0 aliphatic rings. The molecule has 13 heteroatoms. The van der Waals surface area contributed by atoms with Crippen LogP contribution in [0.1, 0.15) is 0 Å². The Labute approximate surface area is 202 Å². The topological polar surface area (TPSA) is 133 Å². The van der Waals surface area contributed by atoms with Crippen LogP contribution >= 0.6 is 11.6 Å². The van der Waals surface area contributed by atoms with Gasteiger partial charge in [0.15, 0.2) is 17.3 Å². The summed E-state index contributed by atoms with van der Waals surface area (Å²) in [6.45, 7) is 0. The summed E-state index contributed by atoms with van der Waals surface area (Å²) in [5.74, 6) is 2.35. The van der Waals surface area contributed by atoms with Gasteiger partial charge in [-0.1, -0.05) is 11.6 Å². The molecule has 3 aromatic rings. The van der Waals surface area contributed by atoms with Crippen molar-refractivity contribution in [3.8, 4) is 23.0 Å². The highest BCUT2D eigenvalue weighted by atomic mass is 35.5. The predicted molar refractivity (Wildman–Crippen MR) is 131 cm³/mol. The molecule has 2 aromatic carbocycles. The second kappa shape index (κ2) is 10.5. The number of ether oxygens (including phenoxy) is 4. The molecule has 11 nitrogen and oxygen atoms in total. The summed E-state index contributed by atoms with van der Waals surface area (Å²) in [7, 11) is 2.49. The Morgan fingerprint density at radius 1 is 0.824 bits per heavy atom. The van der Waals surface area contributed by atoms with Crippen molar-refractivity contribution in [1.29, 1.82) is 0 Å². The van der Waals surface area contributed by atoms with Gasteiger partial charge in [0.25, 0.3) is 0 Å². The lowest BCUT2D eigenvalue weighted by molar-refractivity contribution is 0.349. The maximum Gasteiger partial charge on any atom is 0.229 e. The average Bonchev–Trinajstić information content (AvgIpc) is 2.80. The lowest BCUT2D eigenvalue weighted by Gasteiger charge is -2.16. The summed E-state index contributed by atoms with van der Waals surface area (Å²) in [6, 6.07) is 8.18. The fraction of sp³-hybridized carbons (Fsp3) is 0.238. The van der Waals surface area contributed by atoms with Crippen LogP contribution in [0.15, 0.2) is 36.5 Å². The first kappa shape index (κ1) is 25.0. The Morgan fingerprint density at radius 2 is 1.50 bits per heavy atom. The van der Waals surface area contributed by atoms with Crippen molar-refractivity contribution in [1.82, 2.24) is 9.97 Å². The largest absolute Gasteiger partial charge is 0.497 e. The van der Waals surface area contributed by atoms with Gasteiger partial charge in [0.1, 0.15) is 16.5 Å². The van der Waals surface area contributed by atoms with Crippen molar-refractivity contribution in [2.24, 2.45) is 0 Å². The zero-order valence-corrected chi connectivity index (χ0v) is 20.7. The van der Waals surface area contributed by atoms with Crippen LogP contribution in [0.25, 0.3) is 0 Å². The molecule has 0 spiro atoms. The van der Waals surface area contributed by atoms with Crippen molar-refractivity contribution in [3.63, 3.8) is 0 Å². The zero-order valence-electron chi connectivity index (χ0n) is 19.1. The number of halogens is 1. The second-order valence-electron chi connectivity index (χ2n) is 6.83. The van der Waals surface area contributed by atoms with E-state index in [-0.39, 0.29) is 22.5 Å². The molecule has 1 heterocycles. The summed E-state index contributed by atoms with van der Waals surface area (Å²) < 4.78 is 47.3. The summed E-state index contributed by atoms with van der Waals surface area (Å²) in [5.41, 5.74) is 1.19. The maximum atomic E-state index is 11.8. The van der Waals surface area contributed by atoms with Crippen molar-refractivity contribution in [3.05, 3.63) is 41.6 Å². The molecule has 1 aromatic heterocycles. The lowest BCUT2D eigenvalue weighted by atomic mass is 10.2. The molecule has 0 atom stereocenters. The van der Waals surface area contributed by atoms with E-state index in [2.05, 4.69) is 25.3 Å².